The normalized spacial score (nSPS) is 15.5. The van der Waals surface area contributed by atoms with Gasteiger partial charge in [-0.05, 0) is 18.8 Å². The van der Waals surface area contributed by atoms with E-state index in [4.69, 9.17) is 0 Å². The highest BCUT2D eigenvalue weighted by molar-refractivity contribution is 5.78. The summed E-state index contributed by atoms with van der Waals surface area (Å²) in [5.41, 5.74) is 0. The van der Waals surface area contributed by atoms with E-state index in [1.54, 1.807) is 0 Å². The predicted octanol–water partition coefficient (Wildman–Crippen LogP) is 3.32. The highest BCUT2D eigenvalue weighted by atomic mass is 16.2. The van der Waals surface area contributed by atoms with Crippen molar-refractivity contribution in [3.05, 3.63) is 0 Å². The maximum absolute atomic E-state index is 11.3. The molecule has 1 saturated heterocycles. The lowest BCUT2D eigenvalue weighted by Gasteiger charge is -2.17. The highest BCUT2D eigenvalue weighted by Crippen LogP contribution is 2.10. The molecule has 2 heteroatoms. The second-order valence-electron chi connectivity index (χ2n) is 4.99. The van der Waals surface area contributed by atoms with Gasteiger partial charge in [0, 0.05) is 19.0 Å². The molecule has 1 amide bonds. The fourth-order valence-corrected chi connectivity index (χ4v) is 1.30. The Morgan fingerprint density at radius 3 is 1.80 bits per heavy atom. The second-order valence-corrected chi connectivity index (χ2v) is 4.99. The molecule has 0 N–H and O–H groups in total. The van der Waals surface area contributed by atoms with Crippen molar-refractivity contribution in [2.75, 3.05) is 13.1 Å². The number of amides is 1. The highest BCUT2D eigenvalue weighted by Gasteiger charge is 2.19. The Labute approximate surface area is 95.0 Å². The zero-order valence-electron chi connectivity index (χ0n) is 11.0. The van der Waals surface area contributed by atoms with Crippen LogP contribution in [0.2, 0.25) is 0 Å². The number of rotatable bonds is 2. The fraction of sp³-hybridized carbons (Fsp3) is 0.923. The zero-order chi connectivity index (χ0) is 11.8. The summed E-state index contributed by atoms with van der Waals surface area (Å²) in [6.07, 6.45) is 3.69. The van der Waals surface area contributed by atoms with E-state index >= 15 is 0 Å². The molecule has 1 aliphatic rings. The number of carbonyl (C=O) groups is 1. The second kappa shape index (κ2) is 7.72. The van der Waals surface area contributed by atoms with Crippen molar-refractivity contribution < 1.29 is 4.79 Å². The Morgan fingerprint density at radius 1 is 1.13 bits per heavy atom. The molecular formula is C13H27NO. The van der Waals surface area contributed by atoms with Crippen LogP contribution in [0.25, 0.3) is 0 Å². The van der Waals surface area contributed by atoms with Crippen LogP contribution in [0.1, 0.15) is 53.9 Å². The van der Waals surface area contributed by atoms with Crippen LogP contribution in [-0.4, -0.2) is 23.9 Å². The fourth-order valence-electron chi connectivity index (χ4n) is 1.30. The van der Waals surface area contributed by atoms with Gasteiger partial charge in [0.2, 0.25) is 5.91 Å². The molecule has 0 spiro atoms. The summed E-state index contributed by atoms with van der Waals surface area (Å²) >= 11 is 0. The third kappa shape index (κ3) is 6.53. The number of likely N-dealkylation sites (tertiary alicyclic amines) is 1. The van der Waals surface area contributed by atoms with E-state index in [0.717, 1.165) is 19.0 Å². The SMILES string of the molecule is CC(C)C(=O)N1CCCC1.CCC(C)C. The van der Waals surface area contributed by atoms with E-state index < -0.39 is 0 Å². The van der Waals surface area contributed by atoms with Gasteiger partial charge in [0.1, 0.15) is 0 Å². The Bertz CT molecular complexity index is 169. The van der Waals surface area contributed by atoms with Crippen molar-refractivity contribution >= 4 is 5.91 Å². The summed E-state index contributed by atoms with van der Waals surface area (Å²) < 4.78 is 0. The lowest BCUT2D eigenvalue weighted by molar-refractivity contribution is -0.133. The molecule has 1 aliphatic heterocycles. The molecule has 0 atom stereocenters. The van der Waals surface area contributed by atoms with Gasteiger partial charge in [-0.25, -0.2) is 0 Å². The first-order valence-electron chi connectivity index (χ1n) is 6.27. The van der Waals surface area contributed by atoms with Crippen molar-refractivity contribution in [1.82, 2.24) is 4.90 Å². The van der Waals surface area contributed by atoms with Crippen molar-refractivity contribution in [2.24, 2.45) is 11.8 Å². The van der Waals surface area contributed by atoms with Gasteiger partial charge in [-0.2, -0.15) is 0 Å². The summed E-state index contributed by atoms with van der Waals surface area (Å²) in [5, 5.41) is 0. The minimum atomic E-state index is 0.179. The smallest absolute Gasteiger partial charge is 0.225 e. The molecule has 0 aromatic rings. The van der Waals surface area contributed by atoms with Crippen LogP contribution in [-0.2, 0) is 4.79 Å². The quantitative estimate of drug-likeness (QED) is 0.689. The van der Waals surface area contributed by atoms with Gasteiger partial charge in [0.25, 0.3) is 0 Å². The average molecular weight is 213 g/mol. The van der Waals surface area contributed by atoms with Crippen molar-refractivity contribution in [2.45, 2.75) is 53.9 Å². The van der Waals surface area contributed by atoms with E-state index in [1.165, 1.54) is 19.3 Å². The molecule has 0 bridgehead atoms. The summed E-state index contributed by atoms with van der Waals surface area (Å²) in [7, 11) is 0. The van der Waals surface area contributed by atoms with Gasteiger partial charge in [-0.15, -0.1) is 0 Å². The topological polar surface area (TPSA) is 20.3 Å². The Balaban J connectivity index is 0.000000336. The first kappa shape index (κ1) is 14.5. The standard InChI is InChI=1S/C8H15NO.C5H12/c1-7(2)8(10)9-5-3-4-6-9;1-4-5(2)3/h7H,3-6H2,1-2H3;5H,4H2,1-3H3. The van der Waals surface area contributed by atoms with Gasteiger partial charge in [-0.3, -0.25) is 4.79 Å². The predicted molar refractivity (Wildman–Crippen MR) is 65.8 cm³/mol. The number of carbonyl (C=O) groups excluding carboxylic acids is 1. The number of hydrogen-bond donors (Lipinski definition) is 0. The van der Waals surface area contributed by atoms with Crippen LogP contribution in [0.15, 0.2) is 0 Å². The van der Waals surface area contributed by atoms with Crippen molar-refractivity contribution in [1.29, 1.82) is 0 Å². The van der Waals surface area contributed by atoms with Crippen LogP contribution >= 0.6 is 0 Å². The van der Waals surface area contributed by atoms with E-state index in [2.05, 4.69) is 20.8 Å². The first-order valence-corrected chi connectivity index (χ1v) is 6.27. The lowest BCUT2D eigenvalue weighted by atomic mass is 10.2. The molecule has 1 rings (SSSR count). The van der Waals surface area contributed by atoms with Gasteiger partial charge in [0.05, 0.1) is 0 Å². The van der Waals surface area contributed by atoms with E-state index in [-0.39, 0.29) is 5.92 Å². The molecule has 90 valence electrons. The van der Waals surface area contributed by atoms with Gasteiger partial charge in [-0.1, -0.05) is 41.0 Å². The summed E-state index contributed by atoms with van der Waals surface area (Å²) in [6.45, 7) is 12.5. The number of nitrogens with zero attached hydrogens (tertiary/aromatic N) is 1. The Hall–Kier alpha value is -0.530. The van der Waals surface area contributed by atoms with Crippen molar-refractivity contribution in [3.63, 3.8) is 0 Å². The molecule has 0 saturated carbocycles. The first-order chi connectivity index (χ1) is 6.99. The molecule has 0 radical (unpaired) electrons. The summed E-state index contributed by atoms with van der Waals surface area (Å²) in [4.78, 5) is 13.2. The molecule has 15 heavy (non-hydrogen) atoms. The molecule has 2 nitrogen and oxygen atoms in total. The minimum absolute atomic E-state index is 0.179. The van der Waals surface area contributed by atoms with Crippen LogP contribution in [0.5, 0.6) is 0 Å². The lowest BCUT2D eigenvalue weighted by Crippen LogP contribution is -2.31. The Kier molecular flexibility index (Phi) is 7.45. The largest absolute Gasteiger partial charge is 0.342 e. The van der Waals surface area contributed by atoms with Crippen LogP contribution in [0.3, 0.4) is 0 Å². The molecular weight excluding hydrogens is 186 g/mol. The molecule has 0 aromatic carbocycles. The maximum Gasteiger partial charge on any atom is 0.225 e. The molecule has 1 fully saturated rings. The van der Waals surface area contributed by atoms with Crippen LogP contribution in [0.4, 0.5) is 0 Å². The summed E-state index contributed by atoms with van der Waals surface area (Å²) in [5.74, 6) is 1.38. The molecule has 0 unspecified atom stereocenters. The van der Waals surface area contributed by atoms with E-state index in [1.807, 2.05) is 18.7 Å². The average Bonchev–Trinajstić information content (AvgIpc) is 2.70. The summed E-state index contributed by atoms with van der Waals surface area (Å²) in [6, 6.07) is 0. The van der Waals surface area contributed by atoms with Gasteiger partial charge in [0.15, 0.2) is 0 Å². The third-order valence-electron chi connectivity index (χ3n) is 2.73. The van der Waals surface area contributed by atoms with Crippen LogP contribution in [0, 0.1) is 11.8 Å². The monoisotopic (exact) mass is 213 g/mol. The van der Waals surface area contributed by atoms with E-state index in [0.29, 0.717) is 5.91 Å². The number of hydrogen-bond acceptors (Lipinski definition) is 1. The van der Waals surface area contributed by atoms with Crippen molar-refractivity contribution in [3.8, 4) is 0 Å². The Morgan fingerprint density at radius 2 is 1.53 bits per heavy atom. The maximum atomic E-state index is 11.3. The third-order valence-corrected chi connectivity index (χ3v) is 2.73. The molecule has 1 heterocycles. The van der Waals surface area contributed by atoms with Gasteiger partial charge < -0.3 is 4.90 Å². The van der Waals surface area contributed by atoms with Crippen LogP contribution < -0.4 is 0 Å². The van der Waals surface area contributed by atoms with Gasteiger partial charge >= 0.3 is 0 Å². The van der Waals surface area contributed by atoms with E-state index in [9.17, 15) is 4.79 Å². The molecule has 0 aliphatic carbocycles. The molecule has 0 aromatic heterocycles. The minimum Gasteiger partial charge on any atom is -0.342 e. The zero-order valence-corrected chi connectivity index (χ0v) is 11.0.